The molecule has 27 heavy (non-hydrogen) atoms. The number of para-hydroxylation sites is 1. The number of aromatic nitrogens is 2. The molecule has 2 heterocycles. The first-order valence-corrected chi connectivity index (χ1v) is 9.83. The number of hydrogen-bond donors (Lipinski definition) is 1. The molecular formula is C20H27ClN4O2. The largest absolute Gasteiger partial charge is 0.381 e. The number of nitrogens with one attached hydrogen (secondary N) is 1. The first-order valence-electron chi connectivity index (χ1n) is 9.45. The number of hydrogen-bond acceptors (Lipinski definition) is 5. The Labute approximate surface area is 165 Å². The van der Waals surface area contributed by atoms with Crippen molar-refractivity contribution >= 4 is 17.3 Å². The molecule has 1 aromatic heterocycles. The molecule has 146 valence electrons. The van der Waals surface area contributed by atoms with Crippen LogP contribution in [0.3, 0.4) is 0 Å². The van der Waals surface area contributed by atoms with Crippen molar-refractivity contribution in [1.29, 1.82) is 0 Å². The third-order valence-electron chi connectivity index (χ3n) is 4.75. The lowest BCUT2D eigenvalue weighted by Gasteiger charge is -2.35. The van der Waals surface area contributed by atoms with Gasteiger partial charge < -0.3 is 10.1 Å². The Hall–Kier alpha value is -1.89. The molecule has 0 saturated carbocycles. The summed E-state index contributed by atoms with van der Waals surface area (Å²) in [6.07, 6.45) is 2.70. The molecule has 1 fully saturated rings. The van der Waals surface area contributed by atoms with Gasteiger partial charge in [-0.25, -0.2) is 0 Å². The van der Waals surface area contributed by atoms with Crippen molar-refractivity contribution in [3.05, 3.63) is 51.9 Å². The lowest BCUT2D eigenvalue weighted by molar-refractivity contribution is 0.0151. The molecule has 1 aliphatic heterocycles. The summed E-state index contributed by atoms with van der Waals surface area (Å²) in [5.41, 5.74) is 0.956. The third kappa shape index (κ3) is 5.09. The minimum Gasteiger partial charge on any atom is -0.381 e. The smallest absolute Gasteiger partial charge is 0.292 e. The minimum absolute atomic E-state index is 0.166. The molecule has 1 N–H and O–H groups in total. The average Bonchev–Trinajstić information content (AvgIpc) is 2.69. The molecule has 7 heteroatoms. The number of halogens is 1. The average molecular weight is 391 g/mol. The normalized spacial score (nSPS) is 16.4. The highest BCUT2D eigenvalue weighted by Crippen LogP contribution is 2.19. The minimum atomic E-state index is -0.320. The van der Waals surface area contributed by atoms with Crippen LogP contribution in [0.25, 0.3) is 5.69 Å². The van der Waals surface area contributed by atoms with Crippen molar-refractivity contribution in [2.75, 3.05) is 38.2 Å². The maximum absolute atomic E-state index is 12.6. The second-order valence-electron chi connectivity index (χ2n) is 7.24. The van der Waals surface area contributed by atoms with Crippen molar-refractivity contribution in [3.63, 3.8) is 0 Å². The van der Waals surface area contributed by atoms with E-state index >= 15 is 0 Å². The van der Waals surface area contributed by atoms with Gasteiger partial charge in [0.15, 0.2) is 0 Å². The van der Waals surface area contributed by atoms with E-state index in [-0.39, 0.29) is 10.6 Å². The Bertz CT molecular complexity index is 788. The van der Waals surface area contributed by atoms with Gasteiger partial charge in [0.1, 0.15) is 5.02 Å². The van der Waals surface area contributed by atoms with Gasteiger partial charge in [-0.05, 0) is 24.5 Å². The standard InChI is InChI=1S/C20H27ClN4O2/c1-15(2)12-17(24-8-10-27-11-9-24)13-22-18-14-23-25(20(26)19(18)21)16-6-4-3-5-7-16/h3-7,14-15,17,22H,8-13H2,1-2H3. The van der Waals surface area contributed by atoms with Crippen LogP contribution in [0.2, 0.25) is 5.02 Å². The molecule has 2 aromatic rings. The summed E-state index contributed by atoms with van der Waals surface area (Å²) in [4.78, 5) is 15.1. The molecule has 0 amide bonds. The van der Waals surface area contributed by atoms with Crippen LogP contribution >= 0.6 is 11.6 Å². The van der Waals surface area contributed by atoms with Gasteiger partial charge >= 0.3 is 0 Å². The van der Waals surface area contributed by atoms with Crippen LogP contribution in [0.15, 0.2) is 41.3 Å². The Morgan fingerprint density at radius 2 is 1.93 bits per heavy atom. The van der Waals surface area contributed by atoms with E-state index in [4.69, 9.17) is 16.3 Å². The Balaban J connectivity index is 1.74. The summed E-state index contributed by atoms with van der Waals surface area (Å²) >= 11 is 6.35. The molecule has 0 radical (unpaired) electrons. The molecule has 0 aliphatic carbocycles. The molecule has 1 aromatic carbocycles. The summed E-state index contributed by atoms with van der Waals surface area (Å²) in [6, 6.07) is 9.64. The zero-order chi connectivity index (χ0) is 19.2. The lowest BCUT2D eigenvalue weighted by atomic mass is 10.0. The summed E-state index contributed by atoms with van der Waals surface area (Å²) < 4.78 is 6.79. The molecule has 1 atom stereocenters. The SMILES string of the molecule is CC(C)CC(CNc1cnn(-c2ccccc2)c(=O)c1Cl)N1CCOCC1. The van der Waals surface area contributed by atoms with Gasteiger partial charge in [-0.3, -0.25) is 9.69 Å². The van der Waals surface area contributed by atoms with Crippen molar-refractivity contribution in [1.82, 2.24) is 14.7 Å². The molecule has 0 bridgehead atoms. The predicted octanol–water partition coefficient (Wildman–Crippen LogP) is 3.04. The quantitative estimate of drug-likeness (QED) is 0.787. The topological polar surface area (TPSA) is 59.4 Å². The van der Waals surface area contributed by atoms with Crippen molar-refractivity contribution < 1.29 is 4.74 Å². The molecule has 6 nitrogen and oxygen atoms in total. The van der Waals surface area contributed by atoms with Gasteiger partial charge in [0, 0.05) is 25.7 Å². The monoisotopic (exact) mass is 390 g/mol. The molecule has 1 aliphatic rings. The fourth-order valence-corrected chi connectivity index (χ4v) is 3.58. The van der Waals surface area contributed by atoms with E-state index in [0.29, 0.717) is 29.9 Å². The molecular weight excluding hydrogens is 364 g/mol. The maximum Gasteiger partial charge on any atom is 0.292 e. The number of morpholine rings is 1. The van der Waals surface area contributed by atoms with Crippen molar-refractivity contribution in [2.45, 2.75) is 26.3 Å². The van der Waals surface area contributed by atoms with Crippen LogP contribution in [0.1, 0.15) is 20.3 Å². The predicted molar refractivity (Wildman–Crippen MR) is 109 cm³/mol. The summed E-state index contributed by atoms with van der Waals surface area (Å²) in [5.74, 6) is 0.583. The van der Waals surface area contributed by atoms with E-state index in [2.05, 4.69) is 29.2 Å². The fourth-order valence-electron chi connectivity index (χ4n) is 3.39. The maximum atomic E-state index is 12.6. The van der Waals surface area contributed by atoms with Gasteiger partial charge in [-0.15, -0.1) is 0 Å². The van der Waals surface area contributed by atoms with Gasteiger partial charge in [0.25, 0.3) is 5.56 Å². The second-order valence-corrected chi connectivity index (χ2v) is 7.62. The summed E-state index contributed by atoms with van der Waals surface area (Å²) in [7, 11) is 0. The van der Waals surface area contributed by atoms with Crippen LogP contribution in [0, 0.1) is 5.92 Å². The van der Waals surface area contributed by atoms with E-state index < -0.39 is 0 Å². The summed E-state index contributed by atoms with van der Waals surface area (Å²) in [5, 5.41) is 7.80. The third-order valence-corrected chi connectivity index (χ3v) is 5.12. The first kappa shape index (κ1) is 19.9. The Kier molecular flexibility index (Phi) is 6.88. The molecule has 0 spiro atoms. The number of rotatable bonds is 7. The van der Waals surface area contributed by atoms with Crippen LogP contribution < -0.4 is 10.9 Å². The Morgan fingerprint density at radius 1 is 1.22 bits per heavy atom. The van der Waals surface area contributed by atoms with Crippen LogP contribution in [0.4, 0.5) is 5.69 Å². The molecule has 1 saturated heterocycles. The van der Waals surface area contributed by atoms with E-state index in [1.807, 2.05) is 30.3 Å². The van der Waals surface area contributed by atoms with E-state index in [9.17, 15) is 4.79 Å². The highest BCUT2D eigenvalue weighted by Gasteiger charge is 2.22. The van der Waals surface area contributed by atoms with E-state index in [1.165, 1.54) is 4.68 Å². The van der Waals surface area contributed by atoms with Crippen molar-refractivity contribution in [3.8, 4) is 5.69 Å². The number of nitrogens with zero attached hydrogens (tertiary/aromatic N) is 3. The molecule has 1 unspecified atom stereocenters. The zero-order valence-corrected chi connectivity index (χ0v) is 16.7. The highest BCUT2D eigenvalue weighted by molar-refractivity contribution is 6.32. The van der Waals surface area contributed by atoms with Crippen LogP contribution in [0.5, 0.6) is 0 Å². The van der Waals surface area contributed by atoms with Gasteiger partial charge in [0.05, 0.1) is 30.8 Å². The number of benzene rings is 1. The lowest BCUT2D eigenvalue weighted by Crippen LogP contribution is -2.47. The van der Waals surface area contributed by atoms with Crippen LogP contribution in [-0.4, -0.2) is 53.6 Å². The Morgan fingerprint density at radius 3 is 2.59 bits per heavy atom. The van der Waals surface area contributed by atoms with E-state index in [0.717, 1.165) is 32.7 Å². The number of ether oxygens (including phenoxy) is 1. The summed E-state index contributed by atoms with van der Waals surface area (Å²) in [6.45, 7) is 8.57. The van der Waals surface area contributed by atoms with Gasteiger partial charge in [0.2, 0.25) is 0 Å². The van der Waals surface area contributed by atoms with Crippen molar-refractivity contribution in [2.24, 2.45) is 5.92 Å². The van der Waals surface area contributed by atoms with E-state index in [1.54, 1.807) is 6.20 Å². The zero-order valence-electron chi connectivity index (χ0n) is 15.9. The first-order chi connectivity index (χ1) is 13.1. The highest BCUT2D eigenvalue weighted by atomic mass is 35.5. The van der Waals surface area contributed by atoms with Gasteiger partial charge in [-0.1, -0.05) is 43.6 Å². The molecule has 3 rings (SSSR count). The number of anilines is 1. The van der Waals surface area contributed by atoms with Crippen LogP contribution in [-0.2, 0) is 4.74 Å². The van der Waals surface area contributed by atoms with Gasteiger partial charge in [-0.2, -0.15) is 9.78 Å². The second kappa shape index (κ2) is 9.35. The fraction of sp³-hybridized carbons (Fsp3) is 0.500.